The fraction of sp³-hybridized carbons (Fsp3) is 0.478. The zero-order chi connectivity index (χ0) is 21.1. The molecule has 1 saturated heterocycles. The topological polar surface area (TPSA) is 87.6 Å². The van der Waals surface area contributed by atoms with E-state index in [1.54, 1.807) is 35.1 Å². The summed E-state index contributed by atoms with van der Waals surface area (Å²) in [5.41, 5.74) is 7.94. The number of carbonyl (C=O) groups excluding carboxylic acids is 2. The first-order valence-electron chi connectivity index (χ1n) is 10.7. The van der Waals surface area contributed by atoms with Crippen LogP contribution in [0.5, 0.6) is 0 Å². The van der Waals surface area contributed by atoms with Crippen molar-refractivity contribution in [1.82, 2.24) is 10.2 Å². The Kier molecular flexibility index (Phi) is 6.45. The zero-order valence-electron chi connectivity index (χ0n) is 17.0. The van der Waals surface area contributed by atoms with Crippen LogP contribution in [0.15, 0.2) is 41.5 Å². The Morgan fingerprint density at radius 2 is 1.93 bits per heavy atom. The molecule has 1 aliphatic heterocycles. The normalized spacial score (nSPS) is 23.6. The van der Waals surface area contributed by atoms with E-state index in [9.17, 15) is 9.59 Å². The molecule has 2 unspecified atom stereocenters. The van der Waals surface area contributed by atoms with Crippen molar-refractivity contribution in [2.24, 2.45) is 22.1 Å². The summed E-state index contributed by atoms with van der Waals surface area (Å²) < 4.78 is 1.75. The average molecular weight is 576 g/mol. The Hall–Kier alpha value is -1.91. The van der Waals surface area contributed by atoms with Crippen LogP contribution in [0, 0.1) is 11.3 Å². The van der Waals surface area contributed by atoms with Gasteiger partial charge in [0.2, 0.25) is 5.91 Å². The number of hydrogen-bond acceptors (Lipinski definition) is 4. The van der Waals surface area contributed by atoms with E-state index in [1.807, 2.05) is 17.0 Å². The number of rotatable bonds is 8. The van der Waals surface area contributed by atoms with E-state index in [4.69, 9.17) is 5.73 Å². The van der Waals surface area contributed by atoms with E-state index in [-0.39, 0.29) is 23.4 Å². The minimum atomic E-state index is -0.214. The van der Waals surface area contributed by atoms with Gasteiger partial charge in [-0.1, -0.05) is 12.8 Å². The molecule has 2 amide bonds. The van der Waals surface area contributed by atoms with Gasteiger partial charge in [0.05, 0.1) is 11.5 Å². The van der Waals surface area contributed by atoms with Crippen molar-refractivity contribution in [1.29, 1.82) is 0 Å². The maximum absolute atomic E-state index is 13.1. The molecule has 7 heteroatoms. The molecule has 0 radical (unpaired) electrons. The van der Waals surface area contributed by atoms with Crippen molar-refractivity contribution in [3.05, 3.63) is 47.7 Å². The summed E-state index contributed by atoms with van der Waals surface area (Å²) in [5, 5.41) is 2.71. The van der Waals surface area contributed by atoms with E-state index in [2.05, 4.69) is 10.3 Å². The monoisotopic (exact) mass is 576 g/mol. The minimum Gasteiger partial charge on any atom is -0.333 e. The van der Waals surface area contributed by atoms with Crippen LogP contribution in [0.25, 0.3) is 0 Å². The van der Waals surface area contributed by atoms with Gasteiger partial charge in [-0.3, -0.25) is 4.79 Å². The molecular formula is C23H28N4O2W. The maximum atomic E-state index is 13.1. The summed E-state index contributed by atoms with van der Waals surface area (Å²) in [6, 6.07) is 7.22. The van der Waals surface area contributed by atoms with Crippen molar-refractivity contribution in [3.63, 3.8) is 0 Å². The van der Waals surface area contributed by atoms with Gasteiger partial charge in [-0.15, -0.1) is 0 Å². The van der Waals surface area contributed by atoms with Gasteiger partial charge >= 0.3 is 105 Å². The number of amides is 2. The van der Waals surface area contributed by atoms with E-state index in [0.717, 1.165) is 24.9 Å². The first-order chi connectivity index (χ1) is 14.6. The van der Waals surface area contributed by atoms with Gasteiger partial charge in [-0.2, -0.15) is 0 Å². The van der Waals surface area contributed by atoms with Crippen molar-refractivity contribution in [2.75, 3.05) is 6.54 Å². The second-order valence-electron chi connectivity index (χ2n) is 8.55. The molecule has 2 atom stereocenters. The second-order valence-corrected chi connectivity index (χ2v) is 9.30. The molecule has 158 valence electrons. The Bertz CT molecular complexity index is 870. The quantitative estimate of drug-likeness (QED) is 0.369. The zero-order valence-corrected chi connectivity index (χ0v) is 19.9. The Morgan fingerprint density at radius 3 is 2.57 bits per heavy atom. The van der Waals surface area contributed by atoms with E-state index in [0.29, 0.717) is 17.4 Å². The van der Waals surface area contributed by atoms with Crippen molar-refractivity contribution in [3.8, 4) is 0 Å². The summed E-state index contributed by atoms with van der Waals surface area (Å²) in [6.07, 6.45) is 11.9. The van der Waals surface area contributed by atoms with Gasteiger partial charge in [0.15, 0.2) is 0 Å². The van der Waals surface area contributed by atoms with Crippen LogP contribution in [-0.2, 0) is 24.1 Å². The molecule has 3 aliphatic rings. The number of nitrogens with two attached hydrogens (primary N) is 1. The number of aliphatic imine (C=N–C) groups is 1. The van der Waals surface area contributed by atoms with Crippen LogP contribution in [0.4, 0.5) is 0 Å². The number of benzene rings is 1. The molecule has 1 aromatic carbocycles. The molecule has 2 saturated carbocycles. The van der Waals surface area contributed by atoms with E-state index >= 15 is 0 Å². The predicted octanol–water partition coefficient (Wildman–Crippen LogP) is 2.49. The number of nitrogens with zero attached hydrogens (tertiary/aromatic N) is 2. The number of allylic oxidation sites excluding steroid dienone is 1. The van der Waals surface area contributed by atoms with Crippen LogP contribution >= 0.6 is 0 Å². The van der Waals surface area contributed by atoms with Crippen LogP contribution in [0.3, 0.4) is 0 Å². The molecule has 1 aromatic rings. The second kappa shape index (κ2) is 9.07. The molecule has 3 N–H and O–H groups in total. The molecule has 6 nitrogen and oxygen atoms in total. The van der Waals surface area contributed by atoms with Gasteiger partial charge < -0.3 is 10.6 Å². The van der Waals surface area contributed by atoms with Crippen LogP contribution in [-0.4, -0.2) is 40.0 Å². The Morgan fingerprint density at radius 1 is 1.23 bits per heavy atom. The number of carbonyl (C=O) groups is 2. The smallest absolute Gasteiger partial charge is 0.229 e. The number of hydrogen-bond donors (Lipinski definition) is 2. The van der Waals surface area contributed by atoms with E-state index in [1.165, 1.54) is 45.0 Å². The standard InChI is InChI=1S/C23H28N4O2.W/c1-25-13-4-14-26-21(28)17-9-7-16(8-10-17)20(24)19-15-27(19)22(29)23(11-12-23)18-5-2-3-6-18;/h1,4,7-10,13-14,18-20H,2-3,5-6,11-12,15,24H2,(H,26,28);. The molecule has 0 bridgehead atoms. The number of nitrogens with one attached hydrogen (secondary N) is 1. The summed E-state index contributed by atoms with van der Waals surface area (Å²) in [5.74, 6) is 0.742. The van der Waals surface area contributed by atoms with Crippen molar-refractivity contribution < 1.29 is 28.9 Å². The first kappa shape index (κ1) is 21.3. The van der Waals surface area contributed by atoms with E-state index < -0.39 is 0 Å². The summed E-state index contributed by atoms with van der Waals surface area (Å²) in [6.45, 7) is 0.750. The molecule has 0 aromatic heterocycles. The summed E-state index contributed by atoms with van der Waals surface area (Å²) in [7, 11) is 0. The third-order valence-corrected chi connectivity index (χ3v) is 7.22. The van der Waals surface area contributed by atoms with Gasteiger partial charge in [-0.05, 0) is 31.6 Å². The molecule has 2 aliphatic carbocycles. The maximum Gasteiger partial charge on any atom is 0.229 e. The first-order valence-corrected chi connectivity index (χ1v) is 12.4. The third kappa shape index (κ3) is 4.40. The minimum absolute atomic E-state index is 0.0680. The van der Waals surface area contributed by atoms with Crippen molar-refractivity contribution in [2.45, 2.75) is 50.6 Å². The SMILES string of the molecule is NC(c1ccc(C(=O)NC=CC=N[CH]=[W])cc1)C1CN1C(=O)C1(C2CCCC2)CC1. The Labute approximate surface area is 188 Å². The molecular weight excluding hydrogens is 548 g/mol. The fourth-order valence-corrected chi connectivity index (χ4v) is 5.06. The van der Waals surface area contributed by atoms with Gasteiger partial charge in [0, 0.05) is 6.54 Å². The summed E-state index contributed by atoms with van der Waals surface area (Å²) in [4.78, 5) is 31.3. The fourth-order valence-electron chi connectivity index (χ4n) is 4.80. The molecule has 4 rings (SSSR count). The van der Waals surface area contributed by atoms with Gasteiger partial charge in [0.1, 0.15) is 0 Å². The molecule has 0 spiro atoms. The Balaban J connectivity index is 1.32. The summed E-state index contributed by atoms with van der Waals surface area (Å²) >= 11 is 1.27. The molecule has 1 heterocycles. The van der Waals surface area contributed by atoms with Crippen LogP contribution in [0.2, 0.25) is 0 Å². The average Bonchev–Trinajstić information content (AvgIpc) is 3.69. The largest absolute Gasteiger partial charge is 0.333 e. The predicted molar refractivity (Wildman–Crippen MR) is 114 cm³/mol. The van der Waals surface area contributed by atoms with Crippen LogP contribution < -0.4 is 11.1 Å². The van der Waals surface area contributed by atoms with Gasteiger partial charge in [-0.25, -0.2) is 0 Å². The van der Waals surface area contributed by atoms with Gasteiger partial charge in [0.25, 0.3) is 0 Å². The van der Waals surface area contributed by atoms with Crippen LogP contribution in [0.1, 0.15) is 60.5 Å². The van der Waals surface area contributed by atoms with Crippen molar-refractivity contribution >= 4 is 22.6 Å². The third-order valence-electron chi connectivity index (χ3n) is 6.78. The molecule has 30 heavy (non-hydrogen) atoms. The molecule has 3 fully saturated rings.